The largest absolute Gasteiger partial charge is 0.362 e. The highest BCUT2D eigenvalue weighted by Gasteiger charge is 2.01. The average molecular weight is 199 g/mol. The van der Waals surface area contributed by atoms with Gasteiger partial charge in [-0.3, -0.25) is 0 Å². The molecule has 0 saturated carbocycles. The Bertz CT molecular complexity index is 238. The molecule has 13 heavy (non-hydrogen) atoms. The first-order valence-corrected chi connectivity index (χ1v) is 5.43. The van der Waals surface area contributed by atoms with Crippen LogP contribution in [0.25, 0.3) is 0 Å². The van der Waals surface area contributed by atoms with Crippen molar-refractivity contribution in [3.8, 4) is 0 Å². The summed E-state index contributed by atoms with van der Waals surface area (Å²) in [6, 6.07) is 0. The van der Waals surface area contributed by atoms with E-state index in [2.05, 4.69) is 17.2 Å². The van der Waals surface area contributed by atoms with Gasteiger partial charge in [0, 0.05) is 11.4 Å². The van der Waals surface area contributed by atoms with E-state index in [1.54, 1.807) is 11.3 Å². The summed E-state index contributed by atoms with van der Waals surface area (Å²) in [4.78, 5) is 5.68. The van der Waals surface area contributed by atoms with E-state index in [0.29, 0.717) is 0 Å². The second-order valence-electron chi connectivity index (χ2n) is 3.08. The smallest absolute Gasteiger partial charge is 0.183 e. The van der Waals surface area contributed by atoms with Gasteiger partial charge < -0.3 is 11.1 Å². The first kappa shape index (κ1) is 10.5. The van der Waals surface area contributed by atoms with Crippen molar-refractivity contribution in [3.63, 3.8) is 0 Å². The Morgan fingerprint density at radius 1 is 1.38 bits per heavy atom. The molecule has 0 aliphatic carbocycles. The van der Waals surface area contributed by atoms with E-state index in [0.717, 1.165) is 36.8 Å². The molecule has 0 bridgehead atoms. The van der Waals surface area contributed by atoms with Crippen molar-refractivity contribution in [1.82, 2.24) is 4.98 Å². The van der Waals surface area contributed by atoms with Gasteiger partial charge in [-0.05, 0) is 33.2 Å². The second kappa shape index (κ2) is 5.19. The molecule has 74 valence electrons. The minimum Gasteiger partial charge on any atom is -0.362 e. The van der Waals surface area contributed by atoms with E-state index >= 15 is 0 Å². The summed E-state index contributed by atoms with van der Waals surface area (Å²) in [6.45, 7) is 5.89. The molecular formula is C9H17N3S. The molecule has 4 heteroatoms. The molecule has 0 radical (unpaired) electrons. The van der Waals surface area contributed by atoms with Gasteiger partial charge in [0.05, 0.1) is 5.69 Å². The Labute approximate surface area is 83.4 Å². The third-order valence-corrected chi connectivity index (χ3v) is 2.97. The highest BCUT2D eigenvalue weighted by molar-refractivity contribution is 7.15. The number of hydrogen-bond acceptors (Lipinski definition) is 4. The Kier molecular flexibility index (Phi) is 4.18. The molecule has 1 aromatic rings. The van der Waals surface area contributed by atoms with Crippen LogP contribution in [0, 0.1) is 13.8 Å². The number of rotatable bonds is 5. The van der Waals surface area contributed by atoms with Gasteiger partial charge in [0.2, 0.25) is 0 Å². The van der Waals surface area contributed by atoms with E-state index in [4.69, 9.17) is 5.73 Å². The monoisotopic (exact) mass is 199 g/mol. The molecule has 3 nitrogen and oxygen atoms in total. The fraction of sp³-hybridized carbons (Fsp3) is 0.667. The third-order valence-electron chi connectivity index (χ3n) is 1.94. The highest BCUT2D eigenvalue weighted by Crippen LogP contribution is 2.20. The average Bonchev–Trinajstić information content (AvgIpc) is 2.41. The van der Waals surface area contributed by atoms with Crippen molar-refractivity contribution in [2.24, 2.45) is 5.73 Å². The number of nitrogens with one attached hydrogen (secondary N) is 1. The third kappa shape index (κ3) is 3.32. The molecule has 0 fully saturated rings. The van der Waals surface area contributed by atoms with Crippen LogP contribution in [0.5, 0.6) is 0 Å². The first-order valence-electron chi connectivity index (χ1n) is 4.62. The Hall–Kier alpha value is -0.610. The van der Waals surface area contributed by atoms with Crippen LogP contribution in [-0.2, 0) is 0 Å². The van der Waals surface area contributed by atoms with E-state index < -0.39 is 0 Å². The zero-order valence-corrected chi connectivity index (χ0v) is 9.08. The van der Waals surface area contributed by atoms with Gasteiger partial charge in [-0.25, -0.2) is 4.98 Å². The normalized spacial score (nSPS) is 10.4. The highest BCUT2D eigenvalue weighted by atomic mass is 32.1. The van der Waals surface area contributed by atoms with Crippen molar-refractivity contribution in [2.75, 3.05) is 18.4 Å². The minimum atomic E-state index is 0.775. The predicted octanol–water partition coefficient (Wildman–Crippen LogP) is 1.91. The Balaban J connectivity index is 2.29. The first-order chi connectivity index (χ1) is 6.24. The standard InChI is InChI=1S/C9H17N3S/c1-7-8(2)13-9(12-7)11-6-4-3-5-10/h3-6,10H2,1-2H3,(H,11,12). The molecule has 1 heterocycles. The summed E-state index contributed by atoms with van der Waals surface area (Å²) in [5.41, 5.74) is 6.53. The van der Waals surface area contributed by atoms with Crippen molar-refractivity contribution in [2.45, 2.75) is 26.7 Å². The number of nitrogens with zero attached hydrogens (tertiary/aromatic N) is 1. The van der Waals surface area contributed by atoms with Gasteiger partial charge in [-0.1, -0.05) is 0 Å². The maximum absolute atomic E-state index is 5.40. The van der Waals surface area contributed by atoms with Crippen LogP contribution in [0.15, 0.2) is 0 Å². The molecule has 0 amide bonds. The maximum atomic E-state index is 5.40. The fourth-order valence-electron chi connectivity index (χ4n) is 1.01. The van der Waals surface area contributed by atoms with Gasteiger partial charge in [0.25, 0.3) is 0 Å². The van der Waals surface area contributed by atoms with Crippen LogP contribution in [0.2, 0.25) is 0 Å². The molecule has 0 aliphatic rings. The van der Waals surface area contributed by atoms with Crippen LogP contribution < -0.4 is 11.1 Å². The van der Waals surface area contributed by atoms with Gasteiger partial charge in [0.15, 0.2) is 5.13 Å². The summed E-state index contributed by atoms with van der Waals surface area (Å²) >= 11 is 1.72. The lowest BCUT2D eigenvalue weighted by Gasteiger charge is -1.99. The van der Waals surface area contributed by atoms with Crippen molar-refractivity contribution in [3.05, 3.63) is 10.6 Å². The molecule has 1 aromatic heterocycles. The molecular weight excluding hydrogens is 182 g/mol. The number of nitrogens with two attached hydrogens (primary N) is 1. The lowest BCUT2D eigenvalue weighted by molar-refractivity contribution is 0.773. The van der Waals surface area contributed by atoms with Crippen molar-refractivity contribution in [1.29, 1.82) is 0 Å². The SMILES string of the molecule is Cc1nc(NCCCCN)sc1C. The van der Waals surface area contributed by atoms with Crippen LogP contribution in [0.4, 0.5) is 5.13 Å². The van der Waals surface area contributed by atoms with Crippen LogP contribution in [-0.4, -0.2) is 18.1 Å². The summed E-state index contributed by atoms with van der Waals surface area (Å²) in [7, 11) is 0. The summed E-state index contributed by atoms with van der Waals surface area (Å²) in [5.74, 6) is 0. The van der Waals surface area contributed by atoms with E-state index in [-0.39, 0.29) is 0 Å². The summed E-state index contributed by atoms with van der Waals surface area (Å²) < 4.78 is 0. The fourth-order valence-corrected chi connectivity index (χ4v) is 1.85. The molecule has 0 saturated heterocycles. The second-order valence-corrected chi connectivity index (χ2v) is 4.29. The lowest BCUT2D eigenvalue weighted by Crippen LogP contribution is -2.05. The van der Waals surface area contributed by atoms with Crippen LogP contribution in [0.3, 0.4) is 0 Å². The molecule has 3 N–H and O–H groups in total. The van der Waals surface area contributed by atoms with Crippen molar-refractivity contribution < 1.29 is 0 Å². The zero-order chi connectivity index (χ0) is 9.68. The molecule has 0 aliphatic heterocycles. The van der Waals surface area contributed by atoms with Gasteiger partial charge in [0.1, 0.15) is 0 Å². The van der Waals surface area contributed by atoms with E-state index in [9.17, 15) is 0 Å². The molecule has 0 aromatic carbocycles. The minimum absolute atomic E-state index is 0.775. The van der Waals surface area contributed by atoms with Gasteiger partial charge in [-0.2, -0.15) is 0 Å². The van der Waals surface area contributed by atoms with Crippen molar-refractivity contribution >= 4 is 16.5 Å². The molecule has 1 rings (SSSR count). The zero-order valence-electron chi connectivity index (χ0n) is 8.26. The van der Waals surface area contributed by atoms with E-state index in [1.807, 2.05) is 6.92 Å². The Morgan fingerprint density at radius 3 is 2.69 bits per heavy atom. The molecule has 0 unspecified atom stereocenters. The van der Waals surface area contributed by atoms with Gasteiger partial charge >= 0.3 is 0 Å². The maximum Gasteiger partial charge on any atom is 0.183 e. The van der Waals surface area contributed by atoms with Crippen LogP contribution >= 0.6 is 11.3 Å². The number of anilines is 1. The number of hydrogen-bond donors (Lipinski definition) is 2. The van der Waals surface area contributed by atoms with Gasteiger partial charge in [-0.15, -0.1) is 11.3 Å². The molecule has 0 spiro atoms. The topological polar surface area (TPSA) is 50.9 Å². The molecule has 0 atom stereocenters. The number of aryl methyl sites for hydroxylation is 2. The Morgan fingerprint density at radius 2 is 2.15 bits per heavy atom. The van der Waals surface area contributed by atoms with E-state index in [1.165, 1.54) is 4.88 Å². The summed E-state index contributed by atoms with van der Waals surface area (Å²) in [5, 5.41) is 4.33. The number of unbranched alkanes of at least 4 members (excludes halogenated alkanes) is 1. The van der Waals surface area contributed by atoms with Crippen LogP contribution in [0.1, 0.15) is 23.4 Å². The quantitative estimate of drug-likeness (QED) is 0.712. The number of thiazole rings is 1. The summed E-state index contributed by atoms with van der Waals surface area (Å²) in [6.07, 6.45) is 2.20. The predicted molar refractivity (Wildman–Crippen MR) is 58.4 cm³/mol. The lowest BCUT2D eigenvalue weighted by atomic mass is 10.3. The number of aromatic nitrogens is 1.